The molecule has 2 aliphatic rings. The Morgan fingerprint density at radius 2 is 2.15 bits per heavy atom. The molecule has 112 valence electrons. The van der Waals surface area contributed by atoms with Gasteiger partial charge in [0.05, 0.1) is 0 Å². The molecule has 2 heteroatoms. The van der Waals surface area contributed by atoms with E-state index in [1.807, 2.05) is 0 Å². The molecule has 0 saturated heterocycles. The fourth-order valence-corrected chi connectivity index (χ4v) is 3.97. The molecule has 0 spiro atoms. The van der Waals surface area contributed by atoms with E-state index in [1.165, 1.54) is 43.4 Å². The quantitative estimate of drug-likeness (QED) is 0.856. The molecule has 0 radical (unpaired) electrons. The number of furan rings is 1. The molecule has 1 aromatic heterocycles. The van der Waals surface area contributed by atoms with E-state index in [1.54, 1.807) is 0 Å². The van der Waals surface area contributed by atoms with Crippen molar-refractivity contribution in [2.45, 2.75) is 78.3 Å². The molecule has 2 unspecified atom stereocenters. The van der Waals surface area contributed by atoms with E-state index in [9.17, 15) is 0 Å². The van der Waals surface area contributed by atoms with Crippen molar-refractivity contribution in [2.24, 2.45) is 11.3 Å². The Morgan fingerprint density at radius 1 is 1.40 bits per heavy atom. The molecule has 20 heavy (non-hydrogen) atoms. The largest absolute Gasteiger partial charge is 0.466 e. The van der Waals surface area contributed by atoms with Crippen molar-refractivity contribution in [2.75, 3.05) is 0 Å². The number of rotatable bonds is 4. The van der Waals surface area contributed by atoms with Crippen molar-refractivity contribution in [3.8, 4) is 0 Å². The maximum absolute atomic E-state index is 5.93. The van der Waals surface area contributed by atoms with Crippen molar-refractivity contribution < 1.29 is 4.42 Å². The van der Waals surface area contributed by atoms with Gasteiger partial charge in [-0.15, -0.1) is 0 Å². The molecular formula is C18H29NO. The van der Waals surface area contributed by atoms with E-state index in [-0.39, 0.29) is 0 Å². The van der Waals surface area contributed by atoms with Crippen LogP contribution in [0.1, 0.15) is 76.0 Å². The normalized spacial score (nSPS) is 26.9. The average molecular weight is 275 g/mol. The van der Waals surface area contributed by atoms with Crippen LogP contribution in [0.3, 0.4) is 0 Å². The van der Waals surface area contributed by atoms with Gasteiger partial charge in [0.1, 0.15) is 11.5 Å². The molecule has 1 N–H and O–H groups in total. The molecule has 2 aliphatic carbocycles. The second-order valence-electron chi connectivity index (χ2n) is 7.93. The Labute approximate surface area is 123 Å². The maximum Gasteiger partial charge on any atom is 0.109 e. The first-order valence-corrected chi connectivity index (χ1v) is 8.28. The average Bonchev–Trinajstić information content (AvgIpc) is 2.62. The van der Waals surface area contributed by atoms with Crippen molar-refractivity contribution in [1.82, 2.24) is 5.32 Å². The second kappa shape index (κ2) is 5.22. The van der Waals surface area contributed by atoms with E-state index in [4.69, 9.17) is 4.42 Å². The Bertz CT molecular complexity index is 470. The van der Waals surface area contributed by atoms with Crippen LogP contribution < -0.4 is 5.32 Å². The van der Waals surface area contributed by atoms with Gasteiger partial charge in [0.2, 0.25) is 0 Å². The first-order valence-electron chi connectivity index (χ1n) is 8.28. The van der Waals surface area contributed by atoms with Crippen LogP contribution in [0.5, 0.6) is 0 Å². The van der Waals surface area contributed by atoms with Gasteiger partial charge in [-0.1, -0.05) is 33.1 Å². The minimum Gasteiger partial charge on any atom is -0.466 e. The van der Waals surface area contributed by atoms with Crippen LogP contribution in [0.4, 0.5) is 0 Å². The van der Waals surface area contributed by atoms with Crippen molar-refractivity contribution in [3.63, 3.8) is 0 Å². The summed E-state index contributed by atoms with van der Waals surface area (Å²) >= 11 is 0. The lowest BCUT2D eigenvalue weighted by Gasteiger charge is -2.37. The fourth-order valence-electron chi connectivity index (χ4n) is 3.97. The summed E-state index contributed by atoms with van der Waals surface area (Å²) in [4.78, 5) is 0. The highest BCUT2D eigenvalue weighted by atomic mass is 16.3. The van der Waals surface area contributed by atoms with Crippen molar-refractivity contribution in [3.05, 3.63) is 23.2 Å². The zero-order chi connectivity index (χ0) is 14.3. The Balaban J connectivity index is 1.70. The highest BCUT2D eigenvalue weighted by Crippen LogP contribution is 2.42. The van der Waals surface area contributed by atoms with Gasteiger partial charge in [0, 0.05) is 24.1 Å². The molecule has 2 nitrogen and oxygen atoms in total. The standard InChI is InChI=1S/C18H29NO/c1-12(8-14-6-5-7-14)19-16-10-18(3,4)11-17-15(16)9-13(2)20-17/h9,12,14,16,19H,5-8,10-11H2,1-4H3. The minimum absolute atomic E-state index is 0.338. The van der Waals surface area contributed by atoms with Gasteiger partial charge in [-0.2, -0.15) is 0 Å². The molecule has 0 amide bonds. The maximum atomic E-state index is 5.93. The molecule has 1 fully saturated rings. The Morgan fingerprint density at radius 3 is 2.80 bits per heavy atom. The highest BCUT2D eigenvalue weighted by molar-refractivity contribution is 5.29. The summed E-state index contributed by atoms with van der Waals surface area (Å²) in [6.07, 6.45) is 7.96. The molecule has 1 aromatic rings. The second-order valence-corrected chi connectivity index (χ2v) is 7.93. The van der Waals surface area contributed by atoms with Gasteiger partial charge in [-0.3, -0.25) is 0 Å². The summed E-state index contributed by atoms with van der Waals surface area (Å²) in [5.41, 5.74) is 1.76. The monoisotopic (exact) mass is 275 g/mol. The minimum atomic E-state index is 0.338. The van der Waals surface area contributed by atoms with Crippen LogP contribution in [0.15, 0.2) is 10.5 Å². The summed E-state index contributed by atoms with van der Waals surface area (Å²) in [5.74, 6) is 3.25. The molecular weight excluding hydrogens is 246 g/mol. The number of aryl methyl sites for hydroxylation is 1. The molecule has 0 aromatic carbocycles. The third-order valence-electron chi connectivity index (χ3n) is 5.13. The molecule has 3 rings (SSSR count). The van der Waals surface area contributed by atoms with Gasteiger partial charge in [-0.05, 0) is 44.1 Å². The zero-order valence-corrected chi connectivity index (χ0v) is 13.5. The molecule has 2 atom stereocenters. The van der Waals surface area contributed by atoms with Gasteiger partial charge >= 0.3 is 0 Å². The van der Waals surface area contributed by atoms with Crippen molar-refractivity contribution in [1.29, 1.82) is 0 Å². The van der Waals surface area contributed by atoms with Crippen LogP contribution in [-0.4, -0.2) is 6.04 Å². The predicted octanol–water partition coefficient (Wildman–Crippen LogP) is 4.77. The predicted molar refractivity (Wildman–Crippen MR) is 82.8 cm³/mol. The fraction of sp³-hybridized carbons (Fsp3) is 0.778. The van der Waals surface area contributed by atoms with Crippen LogP contribution in [0.25, 0.3) is 0 Å². The number of nitrogens with one attached hydrogen (secondary N) is 1. The summed E-state index contributed by atoms with van der Waals surface area (Å²) in [7, 11) is 0. The van der Waals surface area contributed by atoms with Crippen LogP contribution >= 0.6 is 0 Å². The summed E-state index contributed by atoms with van der Waals surface area (Å²) in [5, 5.41) is 3.88. The van der Waals surface area contributed by atoms with Crippen LogP contribution in [0, 0.1) is 18.3 Å². The SMILES string of the molecule is Cc1cc2c(o1)CC(C)(C)CC2NC(C)CC1CCC1. The summed E-state index contributed by atoms with van der Waals surface area (Å²) < 4.78 is 5.93. The topological polar surface area (TPSA) is 25.2 Å². The van der Waals surface area contributed by atoms with Crippen LogP contribution in [-0.2, 0) is 6.42 Å². The van der Waals surface area contributed by atoms with E-state index in [0.717, 1.165) is 18.1 Å². The van der Waals surface area contributed by atoms with Crippen LogP contribution in [0.2, 0.25) is 0 Å². The lowest BCUT2D eigenvalue weighted by atomic mass is 9.74. The highest BCUT2D eigenvalue weighted by Gasteiger charge is 2.35. The van der Waals surface area contributed by atoms with E-state index < -0.39 is 0 Å². The van der Waals surface area contributed by atoms with Gasteiger partial charge in [0.25, 0.3) is 0 Å². The zero-order valence-electron chi connectivity index (χ0n) is 13.5. The Hall–Kier alpha value is -0.760. The molecule has 1 heterocycles. The van der Waals surface area contributed by atoms with Gasteiger partial charge in [0.15, 0.2) is 0 Å². The number of fused-ring (bicyclic) bond motifs is 1. The number of hydrogen-bond acceptors (Lipinski definition) is 2. The lowest BCUT2D eigenvalue weighted by molar-refractivity contribution is 0.207. The first kappa shape index (κ1) is 14.2. The van der Waals surface area contributed by atoms with E-state index in [2.05, 4.69) is 39.1 Å². The number of hydrogen-bond donors (Lipinski definition) is 1. The Kier molecular flexibility index (Phi) is 3.70. The molecule has 1 saturated carbocycles. The lowest BCUT2D eigenvalue weighted by Crippen LogP contribution is -2.38. The van der Waals surface area contributed by atoms with Crippen molar-refractivity contribution >= 4 is 0 Å². The van der Waals surface area contributed by atoms with E-state index >= 15 is 0 Å². The smallest absolute Gasteiger partial charge is 0.109 e. The third-order valence-corrected chi connectivity index (χ3v) is 5.13. The molecule has 0 aliphatic heterocycles. The van der Waals surface area contributed by atoms with Gasteiger partial charge < -0.3 is 9.73 Å². The first-order chi connectivity index (χ1) is 9.43. The van der Waals surface area contributed by atoms with Gasteiger partial charge in [-0.25, -0.2) is 0 Å². The summed E-state index contributed by atoms with van der Waals surface area (Å²) in [6, 6.07) is 3.33. The molecule has 0 bridgehead atoms. The summed E-state index contributed by atoms with van der Waals surface area (Å²) in [6.45, 7) is 9.14. The van der Waals surface area contributed by atoms with E-state index in [0.29, 0.717) is 17.5 Å². The third kappa shape index (κ3) is 2.95.